The van der Waals surface area contributed by atoms with E-state index in [9.17, 15) is 13.6 Å². The largest absolute Gasteiger partial charge is 0.519 e. The van der Waals surface area contributed by atoms with Gasteiger partial charge in [0.2, 0.25) is 6.43 Å². The van der Waals surface area contributed by atoms with Crippen molar-refractivity contribution in [3.05, 3.63) is 75.0 Å². The van der Waals surface area contributed by atoms with E-state index >= 15 is 13.2 Å². The lowest BCUT2D eigenvalue weighted by Crippen LogP contribution is -2.60. The summed E-state index contributed by atoms with van der Waals surface area (Å²) in [5.41, 5.74) is -1.77. The number of methoxy groups -OCH3 is 1. The minimum atomic E-state index is -2.60. The molecule has 61 heavy (non-hydrogen) atoms. The normalized spacial score (nSPS) is 24.2. The molecule has 3 aromatic carbocycles. The van der Waals surface area contributed by atoms with Gasteiger partial charge in [-0.25, -0.2) is 26.7 Å². The first-order valence-corrected chi connectivity index (χ1v) is 20.6. The number of piperidine rings is 1. The third-order valence-corrected chi connectivity index (χ3v) is 13.4. The molecule has 0 aliphatic carbocycles. The van der Waals surface area contributed by atoms with Crippen LogP contribution in [0, 0.1) is 48.1 Å². The molecular weight excluding hydrogens is 802 g/mol. The van der Waals surface area contributed by atoms with Gasteiger partial charge in [0.15, 0.2) is 18.4 Å². The predicted octanol–water partition coefficient (Wildman–Crippen LogP) is 7.85. The first-order valence-electron chi connectivity index (χ1n) is 20.6. The number of aromatic nitrogens is 2. The van der Waals surface area contributed by atoms with E-state index in [4.69, 9.17) is 34.5 Å². The third-order valence-electron chi connectivity index (χ3n) is 13.4. The van der Waals surface area contributed by atoms with Crippen molar-refractivity contribution >= 4 is 27.5 Å². The lowest BCUT2D eigenvalue weighted by atomic mass is 9.73. The van der Waals surface area contributed by atoms with E-state index < -0.39 is 46.6 Å². The highest BCUT2D eigenvalue weighted by Crippen LogP contribution is 2.48. The zero-order chi connectivity index (χ0) is 42.9. The fraction of sp³-hybridized carbons (Fsp3) is 0.489. The second-order valence-electron chi connectivity index (χ2n) is 17.1. The van der Waals surface area contributed by atoms with Crippen molar-refractivity contribution < 1.29 is 45.0 Å². The topological polar surface area (TPSA) is 107 Å². The minimum absolute atomic E-state index is 0.0370. The number of likely N-dealkylation sites (tertiary alicyclic amines) is 1. The van der Waals surface area contributed by atoms with Gasteiger partial charge in [0.25, 0.3) is 0 Å². The number of benzene rings is 3. The average Bonchev–Trinajstić information content (AvgIpc) is 3.69. The van der Waals surface area contributed by atoms with E-state index in [0.29, 0.717) is 55.9 Å². The van der Waals surface area contributed by atoms with Crippen LogP contribution in [0.25, 0.3) is 32.8 Å². The number of nitrogens with zero attached hydrogens (tertiary/aromatic N) is 5. The molecule has 16 heteroatoms. The summed E-state index contributed by atoms with van der Waals surface area (Å²) in [5, 5.41) is 0.665. The standard InChI is InChI=1S/C45H46F5N5O6/c1-6-27-31(46)12-10-24-16-26(59-22-57-5)17-29(35(24)27)36-38(47)28-8-7-9-32-33-13-11-25(54(33)19-34-23(2)60-44(56)61-34)18-55(32)42-37(28)40(39(36)48)51-43(52-42)58-21-45(3)20-53(4)15-14-30(45)41(49)50/h1,10,12,16-17,25,30,32-33,41H,7-9,11,13-15,18-22H2,2-5H3/t25-,30-,32-,33+,45+/m1/s1. The molecule has 2 aromatic heterocycles. The monoisotopic (exact) mass is 847 g/mol. The van der Waals surface area contributed by atoms with E-state index in [1.807, 2.05) is 11.9 Å². The Morgan fingerprint density at radius 1 is 1.03 bits per heavy atom. The van der Waals surface area contributed by atoms with Crippen LogP contribution in [0.1, 0.15) is 61.7 Å². The molecule has 9 rings (SSSR count). The van der Waals surface area contributed by atoms with Crippen LogP contribution in [-0.2, 0) is 17.7 Å². The number of hydrogen-bond donors (Lipinski definition) is 0. The number of halogens is 5. The maximum atomic E-state index is 17.8. The summed E-state index contributed by atoms with van der Waals surface area (Å²) in [7, 11) is 3.29. The predicted molar refractivity (Wildman–Crippen MR) is 216 cm³/mol. The summed E-state index contributed by atoms with van der Waals surface area (Å²) in [4.78, 5) is 27.9. The van der Waals surface area contributed by atoms with Crippen molar-refractivity contribution in [3.63, 3.8) is 0 Å². The van der Waals surface area contributed by atoms with Crippen molar-refractivity contribution in [2.24, 2.45) is 11.3 Å². The second-order valence-corrected chi connectivity index (χ2v) is 17.1. The van der Waals surface area contributed by atoms with Crippen LogP contribution in [0.4, 0.5) is 27.8 Å². The van der Waals surface area contributed by atoms with Gasteiger partial charge in [-0.05, 0) is 82.6 Å². The molecule has 0 unspecified atom stereocenters. The second kappa shape index (κ2) is 15.9. The SMILES string of the molecule is C#Cc1c(F)ccc2cc(OCOC)cc(-c3c(F)c4c5c(nc(OC[C@]6(C)CN(C)CC[C@@H]6C(F)F)nc5c3F)N3C[C@H]5CC[C@@H]([C@H]3CCC4)N5Cc3oc(=O)oc3C)c12. The Bertz CT molecular complexity index is 2630. The third kappa shape index (κ3) is 7.08. The Balaban J connectivity index is 1.24. The minimum Gasteiger partial charge on any atom is -0.468 e. The van der Waals surface area contributed by atoms with E-state index in [2.05, 4.69) is 20.7 Å². The smallest absolute Gasteiger partial charge is 0.468 e. The molecule has 0 radical (unpaired) electrons. The molecule has 0 saturated carbocycles. The lowest BCUT2D eigenvalue weighted by molar-refractivity contribution is -0.0679. The van der Waals surface area contributed by atoms with E-state index in [-0.39, 0.29) is 94.9 Å². The number of aryl methyl sites for hydroxylation is 2. The number of ether oxygens (including phenoxy) is 3. The van der Waals surface area contributed by atoms with Crippen LogP contribution in [0.15, 0.2) is 37.9 Å². The van der Waals surface area contributed by atoms with E-state index in [1.165, 1.54) is 25.3 Å². The van der Waals surface area contributed by atoms with Crippen LogP contribution in [0.2, 0.25) is 0 Å². The Morgan fingerprint density at radius 2 is 1.85 bits per heavy atom. The Labute approximate surface area is 348 Å². The van der Waals surface area contributed by atoms with Gasteiger partial charge >= 0.3 is 11.8 Å². The highest BCUT2D eigenvalue weighted by molar-refractivity contribution is 6.05. The number of alkyl halides is 2. The number of anilines is 1. The molecule has 0 spiro atoms. The molecule has 3 fully saturated rings. The van der Waals surface area contributed by atoms with Gasteiger partial charge in [-0.3, -0.25) is 4.90 Å². The summed E-state index contributed by atoms with van der Waals surface area (Å²) in [5.74, 6) is -0.697. The van der Waals surface area contributed by atoms with Crippen LogP contribution in [0.3, 0.4) is 0 Å². The molecule has 322 valence electrons. The number of fused-ring (bicyclic) bond motifs is 6. The van der Waals surface area contributed by atoms with Crippen LogP contribution >= 0.6 is 0 Å². The number of piperazine rings is 1. The molecule has 5 aromatic rings. The Morgan fingerprint density at radius 3 is 2.59 bits per heavy atom. The quantitative estimate of drug-likeness (QED) is 0.0780. The molecule has 0 amide bonds. The van der Waals surface area contributed by atoms with Crippen LogP contribution in [0.5, 0.6) is 11.8 Å². The van der Waals surface area contributed by atoms with Gasteiger partial charge in [-0.1, -0.05) is 18.9 Å². The first kappa shape index (κ1) is 41.1. The van der Waals surface area contributed by atoms with Crippen LogP contribution < -0.4 is 20.2 Å². The van der Waals surface area contributed by atoms with Gasteiger partial charge in [0, 0.05) is 66.2 Å². The summed E-state index contributed by atoms with van der Waals surface area (Å²) >= 11 is 0. The molecule has 3 saturated heterocycles. The van der Waals surface area contributed by atoms with Crippen molar-refractivity contribution in [1.29, 1.82) is 0 Å². The van der Waals surface area contributed by atoms with E-state index in [1.54, 1.807) is 19.9 Å². The molecule has 5 atom stereocenters. The van der Waals surface area contributed by atoms with Crippen molar-refractivity contribution in [3.8, 4) is 35.2 Å². The van der Waals surface area contributed by atoms with Crippen LogP contribution in [-0.4, -0.2) is 91.5 Å². The summed E-state index contributed by atoms with van der Waals surface area (Å²) in [6, 6.07) is 5.15. The molecule has 4 aliphatic rings. The summed E-state index contributed by atoms with van der Waals surface area (Å²) in [6.45, 7) is 4.67. The molecular formula is C45H46F5N5O6. The Kier molecular flexibility index (Phi) is 10.7. The van der Waals surface area contributed by atoms with E-state index in [0.717, 1.165) is 12.8 Å². The number of rotatable bonds is 10. The molecule has 4 aliphatic heterocycles. The zero-order valence-electron chi connectivity index (χ0n) is 34.3. The highest BCUT2D eigenvalue weighted by atomic mass is 19.3. The van der Waals surface area contributed by atoms with Crippen molar-refractivity contribution in [2.45, 2.75) is 83.5 Å². The number of hydrogen-bond acceptors (Lipinski definition) is 11. The maximum Gasteiger partial charge on any atom is 0.519 e. The lowest BCUT2D eigenvalue weighted by Gasteiger charge is -2.48. The summed E-state index contributed by atoms with van der Waals surface area (Å²) < 4.78 is 108. The molecule has 0 N–H and O–H groups in total. The van der Waals surface area contributed by atoms with Gasteiger partial charge in [-0.2, -0.15) is 9.97 Å². The molecule has 11 nitrogen and oxygen atoms in total. The van der Waals surface area contributed by atoms with Crippen molar-refractivity contribution in [2.75, 3.05) is 52.1 Å². The van der Waals surface area contributed by atoms with Gasteiger partial charge in [0.05, 0.1) is 29.7 Å². The molecule has 6 heterocycles. The average molecular weight is 848 g/mol. The van der Waals surface area contributed by atoms with Gasteiger partial charge < -0.3 is 32.8 Å². The van der Waals surface area contributed by atoms with Crippen molar-refractivity contribution in [1.82, 2.24) is 19.8 Å². The summed E-state index contributed by atoms with van der Waals surface area (Å²) in [6.07, 6.45) is 6.42. The van der Waals surface area contributed by atoms with Gasteiger partial charge in [0.1, 0.15) is 34.5 Å². The Hall–Kier alpha value is -5.24. The molecule has 2 bridgehead atoms. The number of terminal acetylenes is 1. The van der Waals surface area contributed by atoms with Gasteiger partial charge in [-0.15, -0.1) is 6.42 Å². The fourth-order valence-electron chi connectivity index (χ4n) is 10.5. The highest BCUT2D eigenvalue weighted by Gasteiger charge is 2.49. The zero-order valence-corrected chi connectivity index (χ0v) is 34.3. The fourth-order valence-corrected chi connectivity index (χ4v) is 10.5. The maximum absolute atomic E-state index is 17.8. The first-order chi connectivity index (χ1) is 29.3.